The van der Waals surface area contributed by atoms with E-state index in [0.717, 1.165) is 17.7 Å². The molecule has 1 aromatic carbocycles. The van der Waals surface area contributed by atoms with Gasteiger partial charge in [0.25, 0.3) is 0 Å². The van der Waals surface area contributed by atoms with Crippen LogP contribution in [0, 0.1) is 0 Å². The normalized spacial score (nSPS) is 12.4. The Labute approximate surface area is 107 Å². The third-order valence-corrected chi connectivity index (χ3v) is 2.81. The molecule has 96 valence electrons. The van der Waals surface area contributed by atoms with E-state index < -0.39 is 6.10 Å². The summed E-state index contributed by atoms with van der Waals surface area (Å²) in [6, 6.07) is 11.2. The molecule has 1 unspecified atom stereocenters. The second-order valence-electron chi connectivity index (χ2n) is 4.03. The van der Waals surface area contributed by atoms with Crippen molar-refractivity contribution in [2.45, 2.75) is 26.4 Å². The van der Waals surface area contributed by atoms with Crippen LogP contribution in [-0.2, 0) is 6.42 Å². The first kappa shape index (κ1) is 12.7. The van der Waals surface area contributed by atoms with Gasteiger partial charge in [0.15, 0.2) is 0 Å². The van der Waals surface area contributed by atoms with Crippen LogP contribution >= 0.6 is 0 Å². The van der Waals surface area contributed by atoms with Gasteiger partial charge in [0, 0.05) is 12.0 Å². The van der Waals surface area contributed by atoms with Gasteiger partial charge in [0.2, 0.25) is 0 Å². The fourth-order valence-corrected chi connectivity index (χ4v) is 1.88. The van der Waals surface area contributed by atoms with Crippen molar-refractivity contribution in [2.75, 3.05) is 6.61 Å². The molecule has 1 N–H and O–H groups in total. The van der Waals surface area contributed by atoms with E-state index in [0.29, 0.717) is 18.1 Å². The number of rotatable bonds is 5. The van der Waals surface area contributed by atoms with Gasteiger partial charge in [-0.15, -0.1) is 0 Å². The molecule has 0 saturated heterocycles. The van der Waals surface area contributed by atoms with E-state index in [1.165, 1.54) is 0 Å². The maximum atomic E-state index is 10.3. The second-order valence-corrected chi connectivity index (χ2v) is 4.03. The third-order valence-electron chi connectivity index (χ3n) is 2.81. The summed E-state index contributed by atoms with van der Waals surface area (Å²) >= 11 is 0. The molecule has 0 aliphatic heterocycles. The summed E-state index contributed by atoms with van der Waals surface area (Å²) in [5.74, 6) is 2.12. The average Bonchev–Trinajstić information content (AvgIpc) is 2.88. The number of furan rings is 1. The maximum absolute atomic E-state index is 10.3. The number of hydrogen-bond acceptors (Lipinski definition) is 3. The molecule has 3 heteroatoms. The smallest absolute Gasteiger partial charge is 0.140 e. The number of para-hydroxylation sites is 1. The molecule has 3 nitrogen and oxygen atoms in total. The van der Waals surface area contributed by atoms with Crippen LogP contribution in [0.4, 0.5) is 0 Å². The van der Waals surface area contributed by atoms with Gasteiger partial charge in [0.1, 0.15) is 23.4 Å². The van der Waals surface area contributed by atoms with Crippen LogP contribution in [0.15, 0.2) is 40.8 Å². The highest BCUT2D eigenvalue weighted by molar-refractivity contribution is 5.38. The number of aliphatic hydroxyl groups is 1. The molecule has 0 bridgehead atoms. The predicted molar refractivity (Wildman–Crippen MR) is 69.8 cm³/mol. The molecule has 0 fully saturated rings. The van der Waals surface area contributed by atoms with Gasteiger partial charge in [-0.3, -0.25) is 0 Å². The summed E-state index contributed by atoms with van der Waals surface area (Å²) in [6.07, 6.45) is 0.0351. The first-order chi connectivity index (χ1) is 8.76. The van der Waals surface area contributed by atoms with E-state index in [-0.39, 0.29) is 0 Å². The van der Waals surface area contributed by atoms with Gasteiger partial charge < -0.3 is 14.3 Å². The summed E-state index contributed by atoms with van der Waals surface area (Å²) in [7, 11) is 0. The third kappa shape index (κ3) is 2.57. The summed E-state index contributed by atoms with van der Waals surface area (Å²) in [6.45, 7) is 4.51. The van der Waals surface area contributed by atoms with Crippen molar-refractivity contribution in [1.29, 1.82) is 0 Å². The topological polar surface area (TPSA) is 42.6 Å². The summed E-state index contributed by atoms with van der Waals surface area (Å²) in [5, 5.41) is 10.3. The zero-order chi connectivity index (χ0) is 13.0. The molecule has 0 aliphatic rings. The van der Waals surface area contributed by atoms with Crippen molar-refractivity contribution in [3.8, 4) is 5.75 Å². The molecular weight excluding hydrogens is 228 g/mol. The van der Waals surface area contributed by atoms with Crippen molar-refractivity contribution in [2.24, 2.45) is 0 Å². The molecule has 0 saturated carbocycles. The van der Waals surface area contributed by atoms with Crippen molar-refractivity contribution in [1.82, 2.24) is 0 Å². The van der Waals surface area contributed by atoms with Crippen LogP contribution in [0.25, 0.3) is 0 Å². The zero-order valence-electron chi connectivity index (χ0n) is 10.7. The number of benzene rings is 1. The van der Waals surface area contributed by atoms with Gasteiger partial charge in [-0.25, -0.2) is 0 Å². The lowest BCUT2D eigenvalue weighted by Gasteiger charge is -2.13. The van der Waals surface area contributed by atoms with Crippen LogP contribution in [0.2, 0.25) is 0 Å². The highest BCUT2D eigenvalue weighted by Gasteiger charge is 2.18. The lowest BCUT2D eigenvalue weighted by molar-refractivity contribution is 0.181. The van der Waals surface area contributed by atoms with E-state index in [1.54, 1.807) is 0 Å². The predicted octanol–water partition coefficient (Wildman–Crippen LogP) is 3.32. The molecule has 2 rings (SSSR count). The minimum absolute atomic E-state index is 0.555. The zero-order valence-corrected chi connectivity index (χ0v) is 10.7. The van der Waals surface area contributed by atoms with Gasteiger partial charge in [0.05, 0.1) is 6.61 Å². The van der Waals surface area contributed by atoms with Gasteiger partial charge in [-0.05, 0) is 25.1 Å². The Kier molecular flexibility index (Phi) is 4.05. The van der Waals surface area contributed by atoms with Crippen molar-refractivity contribution in [3.05, 3.63) is 53.5 Å². The Hall–Kier alpha value is -1.74. The minimum Gasteiger partial charge on any atom is -0.493 e. The first-order valence-corrected chi connectivity index (χ1v) is 6.24. The van der Waals surface area contributed by atoms with Crippen molar-refractivity contribution >= 4 is 0 Å². The highest BCUT2D eigenvalue weighted by Crippen LogP contribution is 2.30. The Bertz CT molecular complexity index is 502. The second kappa shape index (κ2) is 5.74. The van der Waals surface area contributed by atoms with Gasteiger partial charge in [-0.1, -0.05) is 25.1 Å². The molecule has 0 amide bonds. The summed E-state index contributed by atoms with van der Waals surface area (Å²) in [4.78, 5) is 0. The molecular formula is C15H18O3. The van der Waals surface area contributed by atoms with E-state index in [1.807, 2.05) is 50.2 Å². The summed E-state index contributed by atoms with van der Waals surface area (Å²) in [5.41, 5.74) is 0.733. The Morgan fingerprint density at radius 3 is 2.61 bits per heavy atom. The Morgan fingerprint density at radius 2 is 1.94 bits per heavy atom. The van der Waals surface area contributed by atoms with E-state index in [9.17, 15) is 5.11 Å². The lowest BCUT2D eigenvalue weighted by Crippen LogP contribution is -2.03. The van der Waals surface area contributed by atoms with E-state index >= 15 is 0 Å². The fraction of sp³-hybridized carbons (Fsp3) is 0.333. The molecule has 1 aromatic heterocycles. The van der Waals surface area contributed by atoms with Crippen LogP contribution < -0.4 is 4.74 Å². The number of ether oxygens (including phenoxy) is 1. The molecule has 18 heavy (non-hydrogen) atoms. The number of hydrogen-bond donors (Lipinski definition) is 1. The molecule has 2 aromatic rings. The highest BCUT2D eigenvalue weighted by atomic mass is 16.5. The number of aryl methyl sites for hydroxylation is 1. The number of aliphatic hydroxyl groups excluding tert-OH is 1. The molecule has 1 heterocycles. The Balaban J connectivity index is 2.29. The van der Waals surface area contributed by atoms with Gasteiger partial charge >= 0.3 is 0 Å². The quantitative estimate of drug-likeness (QED) is 0.880. The molecule has 0 spiro atoms. The standard InChI is InChI=1S/C15H18O3/c1-3-11-9-10-14(18-11)15(16)12-7-5-6-8-13(12)17-4-2/h5-10,15-16H,3-4H2,1-2H3. The van der Waals surface area contributed by atoms with E-state index in [4.69, 9.17) is 9.15 Å². The lowest BCUT2D eigenvalue weighted by atomic mass is 10.1. The largest absolute Gasteiger partial charge is 0.493 e. The van der Waals surface area contributed by atoms with Crippen LogP contribution in [0.5, 0.6) is 5.75 Å². The van der Waals surface area contributed by atoms with Crippen molar-refractivity contribution < 1.29 is 14.3 Å². The molecule has 0 radical (unpaired) electrons. The summed E-state index contributed by atoms with van der Waals surface area (Å²) < 4.78 is 11.1. The van der Waals surface area contributed by atoms with E-state index in [2.05, 4.69) is 0 Å². The molecule has 0 aliphatic carbocycles. The molecule has 1 atom stereocenters. The van der Waals surface area contributed by atoms with Crippen LogP contribution in [0.1, 0.15) is 37.0 Å². The SMILES string of the molecule is CCOc1ccccc1C(O)c1ccc(CC)o1. The average molecular weight is 246 g/mol. The van der Waals surface area contributed by atoms with Crippen LogP contribution in [-0.4, -0.2) is 11.7 Å². The Morgan fingerprint density at radius 1 is 1.17 bits per heavy atom. The first-order valence-electron chi connectivity index (χ1n) is 6.24. The monoisotopic (exact) mass is 246 g/mol. The fourth-order valence-electron chi connectivity index (χ4n) is 1.88. The van der Waals surface area contributed by atoms with Crippen molar-refractivity contribution in [3.63, 3.8) is 0 Å². The van der Waals surface area contributed by atoms with Crippen LogP contribution in [0.3, 0.4) is 0 Å². The maximum Gasteiger partial charge on any atom is 0.140 e. The minimum atomic E-state index is -0.784. The van der Waals surface area contributed by atoms with Gasteiger partial charge in [-0.2, -0.15) is 0 Å².